The third kappa shape index (κ3) is 34.0. The van der Waals surface area contributed by atoms with E-state index in [1.807, 2.05) is 0 Å². The Morgan fingerprint density at radius 1 is 0.330 bits per heavy atom. The van der Waals surface area contributed by atoms with Gasteiger partial charge < -0.3 is 121 Å². The number of rotatable bonds is 49. The smallest absolute Gasteiger partial charge is 0.326 e. The number of hydrogen-bond acceptors (Lipinski definition) is 19. The lowest BCUT2D eigenvalue weighted by molar-refractivity contribution is -0.142. The number of amides is 8. The second kappa shape index (κ2) is 46.0. The zero-order valence-corrected chi connectivity index (χ0v) is 53.6. The number of phenolic OH excluding ortho intramolecular Hbond substituents is 2. The molecule has 33 N–H and O–H groups in total. The second-order valence-electron chi connectivity index (χ2n) is 22.7. The quantitative estimate of drug-likeness (QED) is 0.0167. The average Bonchev–Trinajstić information content (AvgIpc) is 0.952. The molecule has 2 aromatic rings. The number of carbonyl (C=O) groups is 9. The molecule has 8 amide bonds. The van der Waals surface area contributed by atoms with Gasteiger partial charge in [-0.2, -0.15) is 0 Å². The van der Waals surface area contributed by atoms with Gasteiger partial charge in [0.1, 0.15) is 59.8 Å². The Morgan fingerprint density at radius 3 is 0.840 bits per heavy atom. The van der Waals surface area contributed by atoms with Crippen LogP contribution in [0, 0.1) is 0 Å². The minimum absolute atomic E-state index is 0.0143. The highest BCUT2D eigenvalue weighted by atomic mass is 16.4. The monoisotopic (exact) mass is 1320 g/mol. The van der Waals surface area contributed by atoms with Crippen LogP contribution in [0.5, 0.6) is 11.5 Å². The zero-order chi connectivity index (χ0) is 70.0. The van der Waals surface area contributed by atoms with Crippen LogP contribution in [-0.2, 0) is 56.0 Å². The van der Waals surface area contributed by atoms with Gasteiger partial charge in [0.15, 0.2) is 17.9 Å². The number of aliphatic imine (C=N–C) groups is 3. The predicted octanol–water partition coefficient (Wildman–Crippen LogP) is -5.15. The lowest BCUT2D eigenvalue weighted by Gasteiger charge is -2.28. The molecule has 2 aromatic carbocycles. The van der Waals surface area contributed by atoms with Crippen molar-refractivity contribution in [3.63, 3.8) is 0 Å². The highest BCUT2D eigenvalue weighted by Crippen LogP contribution is 2.16. The molecule has 0 spiro atoms. The molecule has 526 valence electrons. The fourth-order valence-electron chi connectivity index (χ4n) is 9.57. The van der Waals surface area contributed by atoms with Crippen LogP contribution in [0.2, 0.25) is 0 Å². The summed E-state index contributed by atoms with van der Waals surface area (Å²) in [6.45, 7) is 1.24. The lowest BCUT2D eigenvalue weighted by atomic mass is 10.0. The van der Waals surface area contributed by atoms with Crippen molar-refractivity contribution in [1.29, 1.82) is 0 Å². The Balaban J connectivity index is 2.68. The minimum Gasteiger partial charge on any atom is -0.508 e. The van der Waals surface area contributed by atoms with Gasteiger partial charge in [0.05, 0.1) is 6.04 Å². The van der Waals surface area contributed by atoms with E-state index in [2.05, 4.69) is 57.5 Å². The number of phenols is 2. The number of nitrogens with two attached hydrogens (primary N) is 11. The molecule has 0 heterocycles. The first-order valence-electron chi connectivity index (χ1n) is 31.8. The van der Waals surface area contributed by atoms with Gasteiger partial charge in [-0.1, -0.05) is 24.3 Å². The van der Waals surface area contributed by atoms with E-state index in [1.165, 1.54) is 48.5 Å². The van der Waals surface area contributed by atoms with Crippen LogP contribution >= 0.6 is 0 Å². The van der Waals surface area contributed by atoms with E-state index in [4.69, 9.17) is 63.1 Å². The van der Waals surface area contributed by atoms with E-state index < -0.39 is 108 Å². The average molecular weight is 1330 g/mol. The SMILES string of the molecule is NCCCC[C@H](NC(=O)[C@H](CCCN=C(N)N)NC(=O)[C@H](CCCN=C(N)N)NC(=O)[C@H](Cc1ccc(O)cc1)NC(=O)[C@H](CCCCN)NC(=O)[C@H](Cc1ccc(O)cc1)NC(=O)[C@H](CCCCN)NC(=O)[C@H](CCCCN)NC(=O)[C@@H](N)CCCN=C(N)N)C(=O)O. The van der Waals surface area contributed by atoms with Crippen LogP contribution in [-0.4, -0.2) is 187 Å². The first kappa shape index (κ1) is 81.0. The van der Waals surface area contributed by atoms with Crippen molar-refractivity contribution in [2.45, 2.75) is 183 Å². The largest absolute Gasteiger partial charge is 0.508 e. The fraction of sp³-hybridized carbons (Fsp3) is 0.600. The van der Waals surface area contributed by atoms with Crippen molar-refractivity contribution >= 4 is 71.1 Å². The third-order valence-corrected chi connectivity index (χ3v) is 14.8. The summed E-state index contributed by atoms with van der Waals surface area (Å²) in [5, 5.41) is 51.8. The summed E-state index contributed by atoms with van der Waals surface area (Å²) in [6, 6.07) is -0.751. The van der Waals surface area contributed by atoms with Crippen LogP contribution in [0.3, 0.4) is 0 Å². The maximum absolute atomic E-state index is 14.9. The van der Waals surface area contributed by atoms with Crippen molar-refractivity contribution in [1.82, 2.24) is 42.5 Å². The third-order valence-electron chi connectivity index (χ3n) is 14.8. The molecule has 9 atom stereocenters. The molecule has 0 radical (unpaired) electrons. The molecular weight excluding hydrogens is 1220 g/mol. The molecule has 0 aliphatic rings. The Labute approximate surface area is 548 Å². The van der Waals surface area contributed by atoms with Gasteiger partial charge in [0, 0.05) is 32.5 Å². The number of carboxylic acids is 1. The molecular formula is C60H104N22O12. The van der Waals surface area contributed by atoms with Crippen molar-refractivity contribution < 1.29 is 58.5 Å². The normalized spacial score (nSPS) is 13.8. The summed E-state index contributed by atoms with van der Waals surface area (Å²) < 4.78 is 0. The zero-order valence-electron chi connectivity index (χ0n) is 53.6. The highest BCUT2D eigenvalue weighted by molar-refractivity contribution is 5.98. The molecule has 0 fully saturated rings. The van der Waals surface area contributed by atoms with E-state index in [0.717, 1.165) is 0 Å². The Hall–Kier alpha value is -9.12. The van der Waals surface area contributed by atoms with E-state index in [1.54, 1.807) is 0 Å². The van der Waals surface area contributed by atoms with Gasteiger partial charge >= 0.3 is 5.97 Å². The van der Waals surface area contributed by atoms with Gasteiger partial charge in [0.2, 0.25) is 47.3 Å². The number of nitrogens with zero attached hydrogens (tertiary/aromatic N) is 3. The lowest BCUT2D eigenvalue weighted by Crippen LogP contribution is -2.61. The first-order valence-corrected chi connectivity index (χ1v) is 31.8. The summed E-state index contributed by atoms with van der Waals surface area (Å²) in [5.74, 6) is -8.82. The molecule has 2 rings (SSSR count). The van der Waals surface area contributed by atoms with E-state index >= 15 is 0 Å². The van der Waals surface area contributed by atoms with Crippen molar-refractivity contribution in [3.8, 4) is 11.5 Å². The van der Waals surface area contributed by atoms with Crippen molar-refractivity contribution in [2.24, 2.45) is 78.0 Å². The summed E-state index contributed by atoms with van der Waals surface area (Å²) >= 11 is 0. The van der Waals surface area contributed by atoms with Crippen LogP contribution in [0.25, 0.3) is 0 Å². The van der Waals surface area contributed by atoms with E-state index in [9.17, 15) is 58.5 Å². The molecule has 0 bridgehead atoms. The summed E-state index contributed by atoms with van der Waals surface area (Å²) in [5.41, 5.74) is 63.2. The molecule has 34 heteroatoms. The first-order chi connectivity index (χ1) is 44.8. The summed E-state index contributed by atoms with van der Waals surface area (Å²) in [7, 11) is 0. The number of aromatic hydroxyl groups is 2. The summed E-state index contributed by atoms with van der Waals surface area (Å²) in [6.07, 6.45) is 3.33. The van der Waals surface area contributed by atoms with Gasteiger partial charge in [-0.15, -0.1) is 0 Å². The van der Waals surface area contributed by atoms with Crippen LogP contribution in [0.1, 0.15) is 127 Å². The van der Waals surface area contributed by atoms with E-state index in [-0.39, 0.29) is 146 Å². The molecule has 0 saturated heterocycles. The number of hydrogen-bond donors (Lipinski definition) is 22. The molecule has 0 aromatic heterocycles. The standard InChI is InChI=1S/C60H104N22O12/c61-27-5-1-13-41(75-49(85)40(65)12-9-31-72-58(66)67)50(86)76-42(14-2-6-28-62)53(89)81-47(34-36-19-23-38(83)24-20-36)55(91)78-43(15-3-7-29-63)54(90)82-48(35-37-21-25-39(84)26-22-37)56(92)79-44(17-10-32-73-59(68)69)51(87)77-45(18-11-33-74-60(70)71)52(88)80-46(57(93)94)16-4-8-30-64/h19-26,40-48,83-84H,1-18,27-35,61-65H2,(H,75,85)(H,76,86)(H,77,87)(H,78,91)(H,79,92)(H,80,88)(H,81,89)(H,82,90)(H,93,94)(H4,66,67,72)(H4,68,69,73)(H4,70,71,74)/t40-,41-,42-,43-,44-,45-,46-,47-,48-/m0/s1. The number of nitrogens with one attached hydrogen (secondary N) is 8. The van der Waals surface area contributed by atoms with E-state index in [0.29, 0.717) is 69.0 Å². The van der Waals surface area contributed by atoms with Gasteiger partial charge in [-0.05, 0) is 177 Å². The molecule has 0 saturated carbocycles. The van der Waals surface area contributed by atoms with Crippen LogP contribution < -0.4 is 106 Å². The minimum atomic E-state index is -1.54. The topological polar surface area (TPSA) is 634 Å². The molecule has 34 nitrogen and oxygen atoms in total. The molecule has 0 unspecified atom stereocenters. The predicted molar refractivity (Wildman–Crippen MR) is 356 cm³/mol. The molecule has 0 aliphatic heterocycles. The van der Waals surface area contributed by atoms with Crippen molar-refractivity contribution in [3.05, 3.63) is 59.7 Å². The molecule has 0 aliphatic carbocycles. The summed E-state index contributed by atoms with van der Waals surface area (Å²) in [4.78, 5) is 139. The number of aliphatic carboxylic acids is 1. The van der Waals surface area contributed by atoms with Crippen LogP contribution in [0.4, 0.5) is 0 Å². The Bertz CT molecular complexity index is 2750. The van der Waals surface area contributed by atoms with Gasteiger partial charge in [-0.3, -0.25) is 53.3 Å². The Morgan fingerprint density at radius 2 is 0.564 bits per heavy atom. The number of carboxylic acid groups (broad SMARTS) is 1. The van der Waals surface area contributed by atoms with Crippen LogP contribution in [0.15, 0.2) is 63.5 Å². The number of benzene rings is 2. The van der Waals surface area contributed by atoms with Crippen molar-refractivity contribution in [2.75, 3.05) is 45.8 Å². The number of guanidine groups is 3. The fourth-order valence-corrected chi connectivity index (χ4v) is 9.57. The number of unbranched alkanes of at least 4 members (excludes halogenated alkanes) is 4. The number of carbonyl (C=O) groups excluding carboxylic acids is 8. The Kier molecular flexibility index (Phi) is 39.7. The van der Waals surface area contributed by atoms with Gasteiger partial charge in [-0.25, -0.2) is 4.79 Å². The maximum Gasteiger partial charge on any atom is 0.326 e. The highest BCUT2D eigenvalue weighted by Gasteiger charge is 2.35. The van der Waals surface area contributed by atoms with Gasteiger partial charge in [0.25, 0.3) is 0 Å². The molecule has 94 heavy (non-hydrogen) atoms. The second-order valence-corrected chi connectivity index (χ2v) is 22.7. The maximum atomic E-state index is 14.9.